The highest BCUT2D eigenvalue weighted by molar-refractivity contribution is 6.31. The van der Waals surface area contributed by atoms with E-state index in [1.54, 1.807) is 19.9 Å². The van der Waals surface area contributed by atoms with Crippen LogP contribution in [0.5, 0.6) is 0 Å². The number of aromatic amines is 1. The predicted octanol–water partition coefficient (Wildman–Crippen LogP) is 3.42. The zero-order valence-corrected chi connectivity index (χ0v) is 15.0. The predicted molar refractivity (Wildman–Crippen MR) is 100 cm³/mol. The van der Waals surface area contributed by atoms with E-state index in [1.165, 1.54) is 0 Å². The van der Waals surface area contributed by atoms with Crippen molar-refractivity contribution in [2.75, 3.05) is 6.54 Å². The molecule has 0 fully saturated rings. The fourth-order valence-electron chi connectivity index (χ4n) is 3.03. The molecule has 3 rings (SSSR count). The number of fused-ring (bicyclic) bond motifs is 1. The Morgan fingerprint density at radius 3 is 2.80 bits per heavy atom. The van der Waals surface area contributed by atoms with Crippen LogP contribution in [0.15, 0.2) is 41.3 Å². The van der Waals surface area contributed by atoms with Crippen molar-refractivity contribution in [3.05, 3.63) is 68.7 Å². The first-order valence-corrected chi connectivity index (χ1v) is 8.56. The second-order valence-electron chi connectivity index (χ2n) is 6.16. The van der Waals surface area contributed by atoms with Crippen molar-refractivity contribution in [1.82, 2.24) is 14.9 Å². The van der Waals surface area contributed by atoms with E-state index in [0.717, 1.165) is 29.6 Å². The van der Waals surface area contributed by atoms with Crippen molar-refractivity contribution in [2.45, 2.75) is 26.8 Å². The highest BCUT2D eigenvalue weighted by atomic mass is 35.5. The zero-order chi connectivity index (χ0) is 18.0. The summed E-state index contributed by atoms with van der Waals surface area (Å²) in [6, 6.07) is 9.63. The van der Waals surface area contributed by atoms with Gasteiger partial charge in [0.1, 0.15) is 5.56 Å². The first-order valence-electron chi connectivity index (χ1n) is 8.19. The first-order chi connectivity index (χ1) is 12.0. The number of pyridine rings is 1. The van der Waals surface area contributed by atoms with Gasteiger partial charge in [0.2, 0.25) is 0 Å². The van der Waals surface area contributed by atoms with Gasteiger partial charge in [-0.15, -0.1) is 0 Å². The van der Waals surface area contributed by atoms with Gasteiger partial charge in [0.15, 0.2) is 0 Å². The van der Waals surface area contributed by atoms with Gasteiger partial charge in [-0.1, -0.05) is 17.7 Å². The van der Waals surface area contributed by atoms with E-state index in [-0.39, 0.29) is 17.0 Å². The molecular formula is C19H20ClN3O2. The SMILES string of the molecule is Cc1cc(C)c(C(=O)NCCCn2ccc3ccc(Cl)cc32)c(=O)[nH]1. The minimum Gasteiger partial charge on any atom is -0.352 e. The van der Waals surface area contributed by atoms with Crippen LogP contribution in [-0.2, 0) is 6.54 Å². The summed E-state index contributed by atoms with van der Waals surface area (Å²) in [6.45, 7) is 4.82. The van der Waals surface area contributed by atoms with Gasteiger partial charge in [-0.2, -0.15) is 0 Å². The van der Waals surface area contributed by atoms with Crippen molar-refractivity contribution in [1.29, 1.82) is 0 Å². The third kappa shape index (κ3) is 3.77. The summed E-state index contributed by atoms with van der Waals surface area (Å²) in [4.78, 5) is 26.9. The molecule has 0 saturated heterocycles. The average molecular weight is 358 g/mol. The van der Waals surface area contributed by atoms with E-state index >= 15 is 0 Å². The van der Waals surface area contributed by atoms with Crippen molar-refractivity contribution >= 4 is 28.4 Å². The molecule has 6 heteroatoms. The zero-order valence-electron chi connectivity index (χ0n) is 14.2. The van der Waals surface area contributed by atoms with Crippen LogP contribution in [0.25, 0.3) is 10.9 Å². The average Bonchev–Trinajstić information content (AvgIpc) is 2.93. The van der Waals surface area contributed by atoms with Gasteiger partial charge in [-0.25, -0.2) is 0 Å². The number of halogens is 1. The number of hydrogen-bond acceptors (Lipinski definition) is 2. The summed E-state index contributed by atoms with van der Waals surface area (Å²) in [5.41, 5.74) is 2.34. The van der Waals surface area contributed by atoms with Gasteiger partial charge >= 0.3 is 0 Å². The van der Waals surface area contributed by atoms with Gasteiger partial charge in [-0.3, -0.25) is 9.59 Å². The lowest BCUT2D eigenvalue weighted by Gasteiger charge is -2.09. The summed E-state index contributed by atoms with van der Waals surface area (Å²) in [7, 11) is 0. The molecule has 3 aromatic rings. The maximum absolute atomic E-state index is 12.3. The van der Waals surface area contributed by atoms with Crippen molar-refractivity contribution in [2.24, 2.45) is 0 Å². The summed E-state index contributed by atoms with van der Waals surface area (Å²) in [5.74, 6) is -0.334. The van der Waals surface area contributed by atoms with Gasteiger partial charge in [0.25, 0.3) is 11.5 Å². The second-order valence-corrected chi connectivity index (χ2v) is 6.60. The number of aryl methyl sites for hydroxylation is 3. The highest BCUT2D eigenvalue weighted by Gasteiger charge is 2.13. The molecule has 0 aliphatic heterocycles. The third-order valence-electron chi connectivity index (χ3n) is 4.19. The number of rotatable bonds is 5. The first kappa shape index (κ1) is 17.3. The minimum atomic E-state index is -0.346. The van der Waals surface area contributed by atoms with Gasteiger partial charge < -0.3 is 14.9 Å². The second kappa shape index (κ2) is 7.15. The van der Waals surface area contributed by atoms with E-state index in [2.05, 4.69) is 14.9 Å². The molecule has 0 spiro atoms. The number of carbonyl (C=O) groups is 1. The number of nitrogens with one attached hydrogen (secondary N) is 2. The van der Waals surface area contributed by atoms with Crippen LogP contribution >= 0.6 is 11.6 Å². The molecule has 0 atom stereocenters. The van der Waals surface area contributed by atoms with E-state index < -0.39 is 0 Å². The Hall–Kier alpha value is -2.53. The fraction of sp³-hybridized carbons (Fsp3) is 0.263. The molecule has 2 heterocycles. The van der Waals surface area contributed by atoms with E-state index in [4.69, 9.17) is 11.6 Å². The van der Waals surface area contributed by atoms with Crippen molar-refractivity contribution < 1.29 is 4.79 Å². The number of benzene rings is 1. The quantitative estimate of drug-likeness (QED) is 0.687. The van der Waals surface area contributed by atoms with Crippen LogP contribution in [-0.4, -0.2) is 22.0 Å². The molecule has 0 radical (unpaired) electrons. The summed E-state index contributed by atoms with van der Waals surface area (Å²) in [5, 5.41) is 4.66. The number of H-pyrrole nitrogens is 1. The Kier molecular flexibility index (Phi) is 4.95. The molecule has 0 unspecified atom stereocenters. The number of hydrogen-bond donors (Lipinski definition) is 2. The molecule has 0 aliphatic carbocycles. The van der Waals surface area contributed by atoms with Gasteiger partial charge in [0.05, 0.1) is 0 Å². The number of carbonyl (C=O) groups excluding carboxylic acids is 1. The van der Waals surface area contributed by atoms with E-state index in [1.807, 2.05) is 30.5 Å². The maximum Gasteiger partial charge on any atom is 0.261 e. The lowest BCUT2D eigenvalue weighted by Crippen LogP contribution is -2.32. The Balaban J connectivity index is 1.61. The van der Waals surface area contributed by atoms with E-state index in [0.29, 0.717) is 17.1 Å². The Morgan fingerprint density at radius 2 is 2.04 bits per heavy atom. The third-order valence-corrected chi connectivity index (χ3v) is 4.42. The van der Waals surface area contributed by atoms with Crippen molar-refractivity contribution in [3.63, 3.8) is 0 Å². The lowest BCUT2D eigenvalue weighted by molar-refractivity contribution is 0.0950. The van der Waals surface area contributed by atoms with Crippen LogP contribution in [0.1, 0.15) is 28.0 Å². The molecule has 2 aromatic heterocycles. The number of amides is 1. The van der Waals surface area contributed by atoms with Gasteiger partial charge in [-0.05, 0) is 55.5 Å². The standard InChI is InChI=1S/C19H20ClN3O2/c1-12-10-13(2)22-19(25)17(12)18(24)21-7-3-8-23-9-6-14-4-5-15(20)11-16(14)23/h4-6,9-11H,3,7-8H2,1-2H3,(H,21,24)(H,22,25). The van der Waals surface area contributed by atoms with Crippen LogP contribution in [0.3, 0.4) is 0 Å². The molecule has 2 N–H and O–H groups in total. The summed E-state index contributed by atoms with van der Waals surface area (Å²) >= 11 is 6.06. The monoisotopic (exact) mass is 357 g/mol. The molecule has 5 nitrogen and oxygen atoms in total. The van der Waals surface area contributed by atoms with E-state index in [9.17, 15) is 9.59 Å². The fourth-order valence-corrected chi connectivity index (χ4v) is 3.19. The normalized spacial score (nSPS) is 11.0. The van der Waals surface area contributed by atoms with Crippen LogP contribution < -0.4 is 10.9 Å². The molecule has 25 heavy (non-hydrogen) atoms. The van der Waals surface area contributed by atoms with Crippen LogP contribution in [0.4, 0.5) is 0 Å². The maximum atomic E-state index is 12.3. The van der Waals surface area contributed by atoms with Gasteiger partial charge in [0, 0.05) is 35.5 Å². The summed E-state index contributed by atoms with van der Waals surface area (Å²) in [6.07, 6.45) is 2.77. The van der Waals surface area contributed by atoms with Crippen LogP contribution in [0.2, 0.25) is 5.02 Å². The smallest absolute Gasteiger partial charge is 0.261 e. The minimum absolute atomic E-state index is 0.184. The highest BCUT2D eigenvalue weighted by Crippen LogP contribution is 2.20. The lowest BCUT2D eigenvalue weighted by atomic mass is 10.1. The Bertz CT molecular complexity index is 988. The Labute approximate surface area is 150 Å². The van der Waals surface area contributed by atoms with Crippen LogP contribution in [0, 0.1) is 13.8 Å². The molecule has 130 valence electrons. The molecule has 0 saturated carbocycles. The number of aromatic nitrogens is 2. The Morgan fingerprint density at radius 1 is 1.24 bits per heavy atom. The molecule has 0 bridgehead atoms. The van der Waals surface area contributed by atoms with Crippen molar-refractivity contribution in [3.8, 4) is 0 Å². The topological polar surface area (TPSA) is 66.9 Å². The molecule has 1 aromatic carbocycles. The molecule has 1 amide bonds. The largest absolute Gasteiger partial charge is 0.352 e. The number of nitrogens with zero attached hydrogens (tertiary/aromatic N) is 1. The summed E-state index contributed by atoms with van der Waals surface area (Å²) < 4.78 is 2.11. The molecular weight excluding hydrogens is 338 g/mol. The molecule has 0 aliphatic rings.